The van der Waals surface area contributed by atoms with Crippen molar-refractivity contribution in [3.8, 4) is 0 Å². The SMILES string of the molecule is CC(C)CCNC(=O)c1ccc(CN(Cc2ccc(F)cc2)Cc2cccc(F)c2)o1. The zero-order valence-corrected chi connectivity index (χ0v) is 17.9. The molecule has 0 spiro atoms. The van der Waals surface area contributed by atoms with Crippen molar-refractivity contribution in [1.82, 2.24) is 10.2 Å². The first kappa shape index (κ1) is 22.7. The van der Waals surface area contributed by atoms with E-state index in [1.807, 2.05) is 6.07 Å². The molecule has 0 saturated heterocycles. The molecule has 3 rings (SSSR count). The van der Waals surface area contributed by atoms with Crippen LogP contribution in [-0.4, -0.2) is 17.4 Å². The number of hydrogen-bond donors (Lipinski definition) is 1. The molecule has 6 heteroatoms. The van der Waals surface area contributed by atoms with Crippen LogP contribution in [0.15, 0.2) is 65.1 Å². The number of halogens is 2. The van der Waals surface area contributed by atoms with Crippen molar-refractivity contribution < 1.29 is 18.0 Å². The fourth-order valence-corrected chi connectivity index (χ4v) is 3.28. The van der Waals surface area contributed by atoms with E-state index in [0.717, 1.165) is 17.5 Å². The summed E-state index contributed by atoms with van der Waals surface area (Å²) < 4.78 is 32.7. The van der Waals surface area contributed by atoms with Gasteiger partial charge in [-0.05, 0) is 59.9 Å². The molecule has 1 heterocycles. The fourth-order valence-electron chi connectivity index (χ4n) is 3.28. The van der Waals surface area contributed by atoms with Gasteiger partial charge < -0.3 is 9.73 Å². The quantitative estimate of drug-likeness (QED) is 0.463. The highest BCUT2D eigenvalue weighted by atomic mass is 19.1. The van der Waals surface area contributed by atoms with Gasteiger partial charge in [-0.15, -0.1) is 0 Å². The summed E-state index contributed by atoms with van der Waals surface area (Å²) in [7, 11) is 0. The second-order valence-electron chi connectivity index (χ2n) is 8.11. The summed E-state index contributed by atoms with van der Waals surface area (Å²) in [6, 6.07) is 16.2. The fraction of sp³-hybridized carbons (Fsp3) is 0.320. The molecule has 0 fully saturated rings. The Morgan fingerprint density at radius 1 is 0.935 bits per heavy atom. The van der Waals surface area contributed by atoms with Crippen molar-refractivity contribution in [3.05, 3.63) is 94.9 Å². The van der Waals surface area contributed by atoms with E-state index < -0.39 is 0 Å². The maximum Gasteiger partial charge on any atom is 0.286 e. The first-order valence-corrected chi connectivity index (χ1v) is 10.5. The number of rotatable bonds is 10. The van der Waals surface area contributed by atoms with E-state index in [0.29, 0.717) is 37.9 Å². The number of amides is 1. The average molecular weight is 427 g/mol. The summed E-state index contributed by atoms with van der Waals surface area (Å²) >= 11 is 0. The average Bonchev–Trinajstić information content (AvgIpc) is 3.18. The predicted molar refractivity (Wildman–Crippen MR) is 116 cm³/mol. The highest BCUT2D eigenvalue weighted by Gasteiger charge is 2.15. The van der Waals surface area contributed by atoms with Crippen LogP contribution in [0.3, 0.4) is 0 Å². The van der Waals surface area contributed by atoms with Gasteiger partial charge in [0.1, 0.15) is 17.4 Å². The van der Waals surface area contributed by atoms with Crippen LogP contribution in [0, 0.1) is 17.6 Å². The maximum atomic E-state index is 13.6. The normalized spacial score (nSPS) is 11.3. The van der Waals surface area contributed by atoms with Gasteiger partial charge in [0.15, 0.2) is 5.76 Å². The lowest BCUT2D eigenvalue weighted by molar-refractivity contribution is 0.0919. The summed E-state index contributed by atoms with van der Waals surface area (Å²) in [6.07, 6.45) is 0.901. The van der Waals surface area contributed by atoms with Crippen LogP contribution in [0.4, 0.5) is 8.78 Å². The molecule has 0 aliphatic rings. The van der Waals surface area contributed by atoms with Gasteiger partial charge >= 0.3 is 0 Å². The number of nitrogens with one attached hydrogen (secondary N) is 1. The third kappa shape index (κ3) is 7.33. The molecule has 0 aliphatic heterocycles. The highest BCUT2D eigenvalue weighted by molar-refractivity contribution is 5.91. The van der Waals surface area contributed by atoms with Crippen LogP contribution in [-0.2, 0) is 19.6 Å². The molecule has 1 aromatic heterocycles. The van der Waals surface area contributed by atoms with Gasteiger partial charge in [0.25, 0.3) is 5.91 Å². The van der Waals surface area contributed by atoms with Crippen LogP contribution < -0.4 is 5.32 Å². The standard InChI is InChI=1S/C25H28F2N2O2/c1-18(2)12-13-28-25(30)24-11-10-23(31-24)17-29(15-19-6-8-21(26)9-7-19)16-20-4-3-5-22(27)14-20/h3-11,14,18H,12-13,15-17H2,1-2H3,(H,28,30). The van der Waals surface area contributed by atoms with Gasteiger partial charge in [-0.2, -0.15) is 0 Å². The molecule has 2 aromatic carbocycles. The second kappa shape index (κ2) is 10.9. The Kier molecular flexibility index (Phi) is 7.95. The van der Waals surface area contributed by atoms with Gasteiger partial charge in [0, 0.05) is 19.6 Å². The predicted octanol–water partition coefficient (Wildman–Crippen LogP) is 5.54. The molecule has 0 unspecified atom stereocenters. The third-order valence-corrected chi connectivity index (χ3v) is 4.89. The first-order chi connectivity index (χ1) is 14.9. The summed E-state index contributed by atoms with van der Waals surface area (Å²) in [5.74, 6) is 0.591. The van der Waals surface area contributed by atoms with Crippen molar-refractivity contribution in [3.63, 3.8) is 0 Å². The largest absolute Gasteiger partial charge is 0.455 e. The van der Waals surface area contributed by atoms with Gasteiger partial charge in [-0.25, -0.2) is 8.78 Å². The van der Waals surface area contributed by atoms with Crippen molar-refractivity contribution in [1.29, 1.82) is 0 Å². The maximum absolute atomic E-state index is 13.6. The number of nitrogens with zero attached hydrogens (tertiary/aromatic N) is 1. The lowest BCUT2D eigenvalue weighted by Gasteiger charge is -2.21. The molecule has 1 N–H and O–H groups in total. The molecular weight excluding hydrogens is 398 g/mol. The monoisotopic (exact) mass is 426 g/mol. The van der Waals surface area contributed by atoms with E-state index in [1.165, 1.54) is 24.3 Å². The Morgan fingerprint density at radius 2 is 1.68 bits per heavy atom. The molecule has 31 heavy (non-hydrogen) atoms. The van der Waals surface area contributed by atoms with Gasteiger partial charge in [0.2, 0.25) is 0 Å². The topological polar surface area (TPSA) is 45.5 Å². The molecular formula is C25H28F2N2O2. The molecule has 3 aromatic rings. The van der Waals surface area contributed by atoms with Crippen molar-refractivity contribution in [2.45, 2.75) is 39.9 Å². The van der Waals surface area contributed by atoms with E-state index in [1.54, 1.807) is 30.3 Å². The summed E-state index contributed by atoms with van der Waals surface area (Å²) in [5.41, 5.74) is 1.75. The first-order valence-electron chi connectivity index (χ1n) is 10.5. The number of carbonyl (C=O) groups is 1. The van der Waals surface area contributed by atoms with Crippen LogP contribution in [0.5, 0.6) is 0 Å². The van der Waals surface area contributed by atoms with Gasteiger partial charge in [-0.3, -0.25) is 9.69 Å². The Morgan fingerprint density at radius 3 is 2.39 bits per heavy atom. The molecule has 1 amide bonds. The number of carbonyl (C=O) groups excluding carboxylic acids is 1. The minimum Gasteiger partial charge on any atom is -0.455 e. The lowest BCUT2D eigenvalue weighted by Crippen LogP contribution is -2.25. The van der Waals surface area contributed by atoms with Gasteiger partial charge in [0.05, 0.1) is 6.54 Å². The van der Waals surface area contributed by atoms with E-state index in [9.17, 15) is 13.6 Å². The van der Waals surface area contributed by atoms with Crippen molar-refractivity contribution in [2.24, 2.45) is 5.92 Å². The molecule has 164 valence electrons. The van der Waals surface area contributed by atoms with Crippen molar-refractivity contribution >= 4 is 5.91 Å². The Labute approximate surface area is 181 Å². The second-order valence-corrected chi connectivity index (χ2v) is 8.11. The Balaban J connectivity index is 1.69. The van der Waals surface area contributed by atoms with E-state index in [2.05, 4.69) is 24.1 Å². The molecule has 0 atom stereocenters. The van der Waals surface area contributed by atoms with Crippen LogP contribution in [0.1, 0.15) is 47.7 Å². The lowest BCUT2D eigenvalue weighted by atomic mass is 10.1. The number of furan rings is 1. The molecule has 0 bridgehead atoms. The highest BCUT2D eigenvalue weighted by Crippen LogP contribution is 2.17. The zero-order chi connectivity index (χ0) is 22.2. The molecule has 0 radical (unpaired) electrons. The minimum atomic E-state index is -0.294. The third-order valence-electron chi connectivity index (χ3n) is 4.89. The van der Waals surface area contributed by atoms with E-state index in [4.69, 9.17) is 4.42 Å². The number of benzene rings is 2. The smallest absolute Gasteiger partial charge is 0.286 e. The molecule has 0 aliphatic carbocycles. The minimum absolute atomic E-state index is 0.234. The van der Waals surface area contributed by atoms with E-state index >= 15 is 0 Å². The summed E-state index contributed by atoms with van der Waals surface area (Å²) in [6.45, 7) is 6.23. The van der Waals surface area contributed by atoms with E-state index in [-0.39, 0.29) is 23.3 Å². The van der Waals surface area contributed by atoms with Gasteiger partial charge in [-0.1, -0.05) is 38.1 Å². The van der Waals surface area contributed by atoms with Crippen LogP contribution >= 0.6 is 0 Å². The van der Waals surface area contributed by atoms with Crippen LogP contribution in [0.2, 0.25) is 0 Å². The Hall–Kier alpha value is -2.99. The molecule has 4 nitrogen and oxygen atoms in total. The van der Waals surface area contributed by atoms with Crippen molar-refractivity contribution in [2.75, 3.05) is 6.54 Å². The molecule has 0 saturated carbocycles. The Bertz CT molecular complexity index is 983. The summed E-state index contributed by atoms with van der Waals surface area (Å²) in [4.78, 5) is 14.3. The number of hydrogen-bond acceptors (Lipinski definition) is 3. The zero-order valence-electron chi connectivity index (χ0n) is 17.9. The summed E-state index contributed by atoms with van der Waals surface area (Å²) in [5, 5.41) is 2.86. The van der Waals surface area contributed by atoms with Crippen LogP contribution in [0.25, 0.3) is 0 Å².